The summed E-state index contributed by atoms with van der Waals surface area (Å²) in [6.45, 7) is 4.11. The summed E-state index contributed by atoms with van der Waals surface area (Å²) in [6, 6.07) is 6.55. The van der Waals surface area contributed by atoms with Gasteiger partial charge in [0.25, 0.3) is 0 Å². The first-order valence-electron chi connectivity index (χ1n) is 6.61. The lowest BCUT2D eigenvalue weighted by atomic mass is 10.2. The summed E-state index contributed by atoms with van der Waals surface area (Å²) in [5, 5.41) is 9.55. The summed E-state index contributed by atoms with van der Waals surface area (Å²) in [5.74, 6) is -1.25. The van der Waals surface area contributed by atoms with Crippen LogP contribution in [0.3, 0.4) is 0 Å². The number of carboxylic acid groups (broad SMARTS) is 1. The minimum atomic E-state index is -3.18. The standard InChI is InChI=1S/C14H17O6P/c1-3-18-21(17,19-4-2)9-10-5-6-12-11(7-10)8-13(20-12)14(15)16/h5-8H,3-4,9H2,1-2H3,(H,15,16). The Bertz CT molecular complexity index is 680. The maximum atomic E-state index is 12.5. The highest BCUT2D eigenvalue weighted by Gasteiger charge is 2.24. The molecule has 0 saturated heterocycles. The van der Waals surface area contributed by atoms with Crippen molar-refractivity contribution in [1.82, 2.24) is 0 Å². The van der Waals surface area contributed by atoms with E-state index < -0.39 is 13.6 Å². The Morgan fingerprint density at radius 3 is 2.48 bits per heavy atom. The van der Waals surface area contributed by atoms with Gasteiger partial charge in [0.05, 0.1) is 19.4 Å². The van der Waals surface area contributed by atoms with E-state index in [1.54, 1.807) is 32.0 Å². The molecule has 21 heavy (non-hydrogen) atoms. The Labute approximate surface area is 122 Å². The highest BCUT2D eigenvalue weighted by molar-refractivity contribution is 7.53. The molecule has 6 nitrogen and oxygen atoms in total. The summed E-state index contributed by atoms with van der Waals surface area (Å²) in [4.78, 5) is 10.9. The number of hydrogen-bond donors (Lipinski definition) is 1. The van der Waals surface area contributed by atoms with Gasteiger partial charge in [-0.15, -0.1) is 0 Å². The van der Waals surface area contributed by atoms with Gasteiger partial charge in [-0.05, 0) is 37.6 Å². The molecule has 0 unspecified atom stereocenters. The van der Waals surface area contributed by atoms with Crippen molar-refractivity contribution in [2.24, 2.45) is 0 Å². The van der Waals surface area contributed by atoms with E-state index in [1.807, 2.05) is 0 Å². The van der Waals surface area contributed by atoms with Gasteiger partial charge in [-0.3, -0.25) is 4.57 Å². The van der Waals surface area contributed by atoms with Gasteiger partial charge in [0.15, 0.2) is 0 Å². The van der Waals surface area contributed by atoms with Crippen molar-refractivity contribution in [3.8, 4) is 0 Å². The maximum Gasteiger partial charge on any atom is 0.371 e. The highest BCUT2D eigenvalue weighted by atomic mass is 31.2. The quantitative estimate of drug-likeness (QED) is 0.780. The van der Waals surface area contributed by atoms with Crippen molar-refractivity contribution in [3.05, 3.63) is 35.6 Å². The molecular weight excluding hydrogens is 295 g/mol. The molecule has 0 aliphatic carbocycles. The third kappa shape index (κ3) is 3.73. The Kier molecular flexibility index (Phi) is 4.83. The monoisotopic (exact) mass is 312 g/mol. The average Bonchev–Trinajstić information content (AvgIpc) is 2.82. The molecule has 2 rings (SSSR count). The van der Waals surface area contributed by atoms with E-state index in [1.165, 1.54) is 6.07 Å². The van der Waals surface area contributed by atoms with Gasteiger partial charge in [0.1, 0.15) is 5.58 Å². The molecule has 0 bridgehead atoms. The summed E-state index contributed by atoms with van der Waals surface area (Å²) in [7, 11) is -3.18. The molecule has 0 spiro atoms. The molecule has 114 valence electrons. The molecule has 1 N–H and O–H groups in total. The summed E-state index contributed by atoms with van der Waals surface area (Å²) >= 11 is 0. The van der Waals surface area contributed by atoms with Crippen LogP contribution in [0.1, 0.15) is 30.0 Å². The topological polar surface area (TPSA) is 86.0 Å². The molecule has 1 aromatic heterocycles. The third-order valence-corrected chi connectivity index (χ3v) is 4.87. The number of furan rings is 1. The first-order chi connectivity index (χ1) is 9.97. The van der Waals surface area contributed by atoms with Crippen molar-refractivity contribution in [3.63, 3.8) is 0 Å². The summed E-state index contributed by atoms with van der Waals surface area (Å²) < 4.78 is 28.1. The van der Waals surface area contributed by atoms with Crippen LogP contribution in [0.2, 0.25) is 0 Å². The van der Waals surface area contributed by atoms with Gasteiger partial charge in [0.2, 0.25) is 5.76 Å². The van der Waals surface area contributed by atoms with Crippen LogP contribution in [-0.4, -0.2) is 24.3 Å². The van der Waals surface area contributed by atoms with Gasteiger partial charge >= 0.3 is 13.6 Å². The van der Waals surface area contributed by atoms with Gasteiger partial charge in [-0.1, -0.05) is 6.07 Å². The van der Waals surface area contributed by atoms with Crippen LogP contribution in [-0.2, 0) is 19.8 Å². The van der Waals surface area contributed by atoms with E-state index in [4.69, 9.17) is 18.6 Å². The zero-order valence-electron chi connectivity index (χ0n) is 11.9. The fourth-order valence-electron chi connectivity index (χ4n) is 2.04. The van der Waals surface area contributed by atoms with Crippen LogP contribution in [0.25, 0.3) is 11.0 Å². The molecule has 1 heterocycles. The lowest BCUT2D eigenvalue weighted by Crippen LogP contribution is -1.98. The highest BCUT2D eigenvalue weighted by Crippen LogP contribution is 2.51. The Morgan fingerprint density at radius 2 is 1.90 bits per heavy atom. The number of benzene rings is 1. The Morgan fingerprint density at radius 1 is 1.24 bits per heavy atom. The largest absolute Gasteiger partial charge is 0.475 e. The first-order valence-corrected chi connectivity index (χ1v) is 8.34. The second-order valence-corrected chi connectivity index (χ2v) is 6.45. The number of hydrogen-bond acceptors (Lipinski definition) is 5. The predicted molar refractivity (Wildman–Crippen MR) is 77.7 cm³/mol. The SMILES string of the molecule is CCOP(=O)(Cc1ccc2oc(C(=O)O)cc2c1)OCC. The molecule has 0 fully saturated rings. The Hall–Kier alpha value is -1.62. The van der Waals surface area contributed by atoms with E-state index in [-0.39, 0.29) is 11.9 Å². The van der Waals surface area contributed by atoms with Crippen molar-refractivity contribution >= 4 is 24.5 Å². The normalized spacial score (nSPS) is 11.9. The summed E-state index contributed by atoms with van der Waals surface area (Å²) in [5.41, 5.74) is 1.21. The first kappa shape index (κ1) is 15.8. The maximum absolute atomic E-state index is 12.5. The van der Waals surface area contributed by atoms with Crippen molar-refractivity contribution < 1.29 is 27.9 Å². The number of carbonyl (C=O) groups is 1. The second-order valence-electron chi connectivity index (χ2n) is 4.39. The van der Waals surface area contributed by atoms with Crippen LogP contribution >= 0.6 is 7.60 Å². The molecule has 0 aliphatic rings. The predicted octanol–water partition coefficient (Wildman–Crippen LogP) is 3.90. The van der Waals surface area contributed by atoms with Crippen molar-refractivity contribution in [2.45, 2.75) is 20.0 Å². The van der Waals surface area contributed by atoms with E-state index in [9.17, 15) is 9.36 Å². The van der Waals surface area contributed by atoms with Crippen molar-refractivity contribution in [2.75, 3.05) is 13.2 Å². The second kappa shape index (κ2) is 6.43. The molecule has 0 aliphatic heterocycles. The molecule has 0 radical (unpaired) electrons. The van der Waals surface area contributed by atoms with E-state index in [0.29, 0.717) is 24.2 Å². The molecule has 2 aromatic rings. The Balaban J connectivity index is 2.29. The molecule has 0 amide bonds. The van der Waals surface area contributed by atoms with Gasteiger partial charge in [0, 0.05) is 5.39 Å². The summed E-state index contributed by atoms with van der Waals surface area (Å²) in [6.07, 6.45) is 0.137. The number of aromatic carboxylic acids is 1. The minimum Gasteiger partial charge on any atom is -0.475 e. The molecule has 0 atom stereocenters. The van der Waals surface area contributed by atoms with E-state index in [2.05, 4.69) is 0 Å². The van der Waals surface area contributed by atoms with Crippen LogP contribution < -0.4 is 0 Å². The molecular formula is C14H17O6P. The molecule has 0 saturated carbocycles. The number of carboxylic acids is 1. The van der Waals surface area contributed by atoms with Crippen LogP contribution in [0.4, 0.5) is 0 Å². The number of fused-ring (bicyclic) bond motifs is 1. The zero-order chi connectivity index (χ0) is 15.5. The van der Waals surface area contributed by atoms with Gasteiger partial charge in [-0.25, -0.2) is 4.79 Å². The average molecular weight is 312 g/mol. The minimum absolute atomic E-state index is 0.125. The van der Waals surface area contributed by atoms with Gasteiger partial charge in [-0.2, -0.15) is 0 Å². The third-order valence-electron chi connectivity index (χ3n) is 2.82. The fraction of sp³-hybridized carbons (Fsp3) is 0.357. The zero-order valence-corrected chi connectivity index (χ0v) is 12.8. The molecule has 1 aromatic carbocycles. The number of rotatable bonds is 7. The van der Waals surface area contributed by atoms with Crippen LogP contribution in [0.5, 0.6) is 0 Å². The molecule has 7 heteroatoms. The fourth-order valence-corrected chi connectivity index (χ4v) is 3.73. The lowest BCUT2D eigenvalue weighted by molar-refractivity contribution is 0.0665. The van der Waals surface area contributed by atoms with E-state index >= 15 is 0 Å². The van der Waals surface area contributed by atoms with Crippen LogP contribution in [0.15, 0.2) is 28.7 Å². The lowest BCUT2D eigenvalue weighted by Gasteiger charge is -2.16. The van der Waals surface area contributed by atoms with Gasteiger partial charge < -0.3 is 18.6 Å². The van der Waals surface area contributed by atoms with E-state index in [0.717, 1.165) is 5.56 Å². The van der Waals surface area contributed by atoms with Crippen LogP contribution in [0, 0.1) is 0 Å². The smallest absolute Gasteiger partial charge is 0.371 e. The van der Waals surface area contributed by atoms with Crippen molar-refractivity contribution in [1.29, 1.82) is 0 Å².